The van der Waals surface area contributed by atoms with E-state index in [0.29, 0.717) is 18.8 Å². The Bertz CT molecular complexity index is 1010. The molecule has 0 radical (unpaired) electrons. The molecule has 0 aliphatic carbocycles. The van der Waals surface area contributed by atoms with Gasteiger partial charge in [-0.15, -0.1) is 10.2 Å². The van der Waals surface area contributed by atoms with Crippen LogP contribution >= 0.6 is 11.8 Å². The topological polar surface area (TPSA) is 85.5 Å². The molecule has 8 nitrogen and oxygen atoms in total. The Morgan fingerprint density at radius 1 is 1.25 bits per heavy atom. The maximum atomic E-state index is 10.3. The number of pyridine rings is 1. The smallest absolute Gasteiger partial charge is 0.191 e. The zero-order chi connectivity index (χ0) is 22.3. The Morgan fingerprint density at radius 3 is 2.88 bits per heavy atom. The third-order valence-corrected chi connectivity index (χ3v) is 6.42. The minimum Gasteiger partial charge on any atom is -0.507 e. The summed E-state index contributed by atoms with van der Waals surface area (Å²) in [6.07, 6.45) is 4.14. The van der Waals surface area contributed by atoms with Gasteiger partial charge in [0.1, 0.15) is 17.3 Å². The fourth-order valence-corrected chi connectivity index (χ4v) is 4.61. The Labute approximate surface area is 192 Å². The van der Waals surface area contributed by atoms with Crippen molar-refractivity contribution in [3.63, 3.8) is 0 Å². The number of methoxy groups -OCH3 is 1. The number of ether oxygens (including phenoxy) is 2. The Balaban J connectivity index is 1.47. The molecule has 32 heavy (non-hydrogen) atoms. The average Bonchev–Trinajstić information content (AvgIpc) is 3.45. The van der Waals surface area contributed by atoms with Crippen molar-refractivity contribution < 1.29 is 14.6 Å². The van der Waals surface area contributed by atoms with Gasteiger partial charge in [0, 0.05) is 36.7 Å². The summed E-state index contributed by atoms with van der Waals surface area (Å²) >= 11 is 1.64. The van der Waals surface area contributed by atoms with Gasteiger partial charge in [-0.1, -0.05) is 23.9 Å². The highest BCUT2D eigenvalue weighted by molar-refractivity contribution is 7.98. The SMILES string of the molecule is COc1ccc(CN(C)Cc2nnc(SCc3ccccn3)n2CC2CCCO2)c(O)c1. The molecule has 1 fully saturated rings. The lowest BCUT2D eigenvalue weighted by atomic mass is 10.2. The second kappa shape index (κ2) is 10.8. The third-order valence-electron chi connectivity index (χ3n) is 5.42. The first kappa shape index (κ1) is 22.6. The lowest BCUT2D eigenvalue weighted by Gasteiger charge is -2.19. The molecule has 1 atom stereocenters. The number of phenols is 1. The van der Waals surface area contributed by atoms with Gasteiger partial charge in [0.15, 0.2) is 5.16 Å². The number of hydrogen-bond acceptors (Lipinski definition) is 8. The predicted molar refractivity (Wildman–Crippen MR) is 123 cm³/mol. The lowest BCUT2D eigenvalue weighted by molar-refractivity contribution is 0.0934. The Morgan fingerprint density at radius 2 is 2.16 bits per heavy atom. The first-order chi connectivity index (χ1) is 15.6. The van der Waals surface area contributed by atoms with Gasteiger partial charge in [-0.25, -0.2) is 0 Å². The number of nitrogens with zero attached hydrogens (tertiary/aromatic N) is 5. The molecule has 3 aromatic rings. The zero-order valence-electron chi connectivity index (χ0n) is 18.5. The summed E-state index contributed by atoms with van der Waals surface area (Å²) in [7, 11) is 3.60. The molecule has 0 bridgehead atoms. The molecule has 9 heteroatoms. The lowest BCUT2D eigenvalue weighted by Crippen LogP contribution is -2.23. The Kier molecular flexibility index (Phi) is 7.62. The minimum atomic E-state index is 0.190. The highest BCUT2D eigenvalue weighted by Crippen LogP contribution is 2.26. The van der Waals surface area contributed by atoms with Crippen LogP contribution in [-0.4, -0.2) is 56.6 Å². The molecule has 0 spiro atoms. The molecule has 1 aliphatic rings. The van der Waals surface area contributed by atoms with Gasteiger partial charge in [0.2, 0.25) is 0 Å². The number of phenolic OH excluding ortho intramolecular Hbond substituents is 1. The molecule has 4 rings (SSSR count). The van der Waals surface area contributed by atoms with Gasteiger partial charge in [0.25, 0.3) is 0 Å². The summed E-state index contributed by atoms with van der Waals surface area (Å²) < 4.78 is 13.2. The molecule has 3 heterocycles. The molecule has 2 aromatic heterocycles. The molecule has 1 aromatic carbocycles. The highest BCUT2D eigenvalue weighted by atomic mass is 32.2. The Hall–Kier alpha value is -2.62. The summed E-state index contributed by atoms with van der Waals surface area (Å²) in [5.74, 6) is 2.49. The van der Waals surface area contributed by atoms with Crippen molar-refractivity contribution in [2.45, 2.75) is 49.5 Å². The number of rotatable bonds is 10. The van der Waals surface area contributed by atoms with E-state index >= 15 is 0 Å². The van der Waals surface area contributed by atoms with Crippen LogP contribution in [0.25, 0.3) is 0 Å². The number of aromatic nitrogens is 4. The van der Waals surface area contributed by atoms with Crippen molar-refractivity contribution in [3.8, 4) is 11.5 Å². The summed E-state index contributed by atoms with van der Waals surface area (Å²) in [5, 5.41) is 20.1. The normalized spacial score (nSPS) is 16.0. The standard InChI is InChI=1S/C23H29N5O3S/c1-27(13-17-8-9-19(30-2)12-21(17)29)15-22-25-26-23(28(22)14-20-7-5-11-31-20)32-16-18-6-3-4-10-24-18/h3-4,6,8-10,12,20,29H,5,7,11,13-16H2,1-2H3. The first-order valence-corrected chi connectivity index (χ1v) is 11.7. The monoisotopic (exact) mass is 455 g/mol. The van der Waals surface area contributed by atoms with E-state index < -0.39 is 0 Å². The van der Waals surface area contributed by atoms with Crippen LogP contribution in [0, 0.1) is 0 Å². The van der Waals surface area contributed by atoms with E-state index in [1.54, 1.807) is 24.9 Å². The van der Waals surface area contributed by atoms with E-state index in [0.717, 1.165) is 54.0 Å². The van der Waals surface area contributed by atoms with Crippen molar-refractivity contribution in [1.29, 1.82) is 0 Å². The van der Waals surface area contributed by atoms with Crippen molar-refractivity contribution in [3.05, 3.63) is 59.7 Å². The van der Waals surface area contributed by atoms with Crippen LogP contribution in [0.1, 0.15) is 29.9 Å². The van der Waals surface area contributed by atoms with E-state index in [1.807, 2.05) is 43.6 Å². The maximum Gasteiger partial charge on any atom is 0.191 e. The molecular weight excluding hydrogens is 426 g/mol. The van der Waals surface area contributed by atoms with Crippen LogP contribution in [0.15, 0.2) is 47.8 Å². The van der Waals surface area contributed by atoms with Crippen LogP contribution in [0.2, 0.25) is 0 Å². The van der Waals surface area contributed by atoms with Crippen LogP contribution in [0.5, 0.6) is 11.5 Å². The van der Waals surface area contributed by atoms with Gasteiger partial charge in [0.05, 0.1) is 32.0 Å². The molecule has 1 aliphatic heterocycles. The molecule has 1 unspecified atom stereocenters. The van der Waals surface area contributed by atoms with Gasteiger partial charge >= 0.3 is 0 Å². The maximum absolute atomic E-state index is 10.3. The molecule has 0 saturated carbocycles. The third kappa shape index (κ3) is 5.79. The van der Waals surface area contributed by atoms with Crippen LogP contribution in [-0.2, 0) is 30.1 Å². The second-order valence-corrected chi connectivity index (χ2v) is 8.86. The fraction of sp³-hybridized carbons (Fsp3) is 0.435. The molecule has 170 valence electrons. The van der Waals surface area contributed by atoms with Crippen LogP contribution in [0.3, 0.4) is 0 Å². The number of aromatic hydroxyl groups is 1. The largest absolute Gasteiger partial charge is 0.507 e. The van der Waals surface area contributed by atoms with Crippen molar-refractivity contribution in [1.82, 2.24) is 24.6 Å². The molecular formula is C23H29N5O3S. The minimum absolute atomic E-state index is 0.190. The predicted octanol–water partition coefficient (Wildman–Crippen LogP) is 3.49. The van der Waals surface area contributed by atoms with Gasteiger partial charge in [-0.2, -0.15) is 0 Å². The molecule has 1 N–H and O–H groups in total. The molecule has 1 saturated heterocycles. The van der Waals surface area contributed by atoms with Gasteiger partial charge in [-0.05, 0) is 38.1 Å². The number of hydrogen-bond donors (Lipinski definition) is 1. The summed E-state index contributed by atoms with van der Waals surface area (Å²) in [6.45, 7) is 2.75. The van der Waals surface area contributed by atoms with E-state index in [2.05, 4.69) is 24.6 Å². The van der Waals surface area contributed by atoms with E-state index in [-0.39, 0.29) is 11.9 Å². The second-order valence-electron chi connectivity index (χ2n) is 7.92. The van der Waals surface area contributed by atoms with Crippen molar-refractivity contribution in [2.75, 3.05) is 20.8 Å². The van der Waals surface area contributed by atoms with Crippen molar-refractivity contribution >= 4 is 11.8 Å². The van der Waals surface area contributed by atoms with Gasteiger partial charge in [-0.3, -0.25) is 9.88 Å². The van der Waals surface area contributed by atoms with Crippen LogP contribution < -0.4 is 4.74 Å². The van der Waals surface area contributed by atoms with E-state index in [4.69, 9.17) is 9.47 Å². The van der Waals surface area contributed by atoms with E-state index in [9.17, 15) is 5.11 Å². The van der Waals surface area contributed by atoms with Crippen molar-refractivity contribution in [2.24, 2.45) is 0 Å². The number of thioether (sulfide) groups is 1. The quantitative estimate of drug-likeness (QED) is 0.465. The average molecular weight is 456 g/mol. The fourth-order valence-electron chi connectivity index (χ4n) is 3.73. The zero-order valence-corrected chi connectivity index (χ0v) is 19.3. The number of benzene rings is 1. The summed E-state index contributed by atoms with van der Waals surface area (Å²) in [4.78, 5) is 6.52. The van der Waals surface area contributed by atoms with Gasteiger partial charge < -0.3 is 19.1 Å². The van der Waals surface area contributed by atoms with E-state index in [1.165, 1.54) is 0 Å². The highest BCUT2D eigenvalue weighted by Gasteiger charge is 2.22. The summed E-state index contributed by atoms with van der Waals surface area (Å²) in [6, 6.07) is 11.3. The summed E-state index contributed by atoms with van der Waals surface area (Å²) in [5.41, 5.74) is 1.85. The molecule has 0 amide bonds. The first-order valence-electron chi connectivity index (χ1n) is 10.7. The van der Waals surface area contributed by atoms with Crippen LogP contribution in [0.4, 0.5) is 0 Å².